The van der Waals surface area contributed by atoms with Gasteiger partial charge in [-0.15, -0.1) is 11.3 Å². The lowest BCUT2D eigenvalue weighted by Gasteiger charge is -2.33. The highest BCUT2D eigenvalue weighted by atomic mass is 79.9. The zero-order valence-corrected chi connectivity index (χ0v) is 15.6. The van der Waals surface area contributed by atoms with Crippen LogP contribution in [0.2, 0.25) is 0 Å². The number of thiophene rings is 1. The van der Waals surface area contributed by atoms with Crippen LogP contribution in [-0.2, 0) is 11.3 Å². The monoisotopic (exact) mass is 402 g/mol. The first-order valence-corrected chi connectivity index (χ1v) is 9.67. The summed E-state index contributed by atoms with van der Waals surface area (Å²) >= 11 is 5.30. The number of carbonyl (C=O) groups excluding carboxylic acids is 2. The molecule has 0 aromatic carbocycles. The van der Waals surface area contributed by atoms with Crippen LogP contribution in [0, 0.1) is 0 Å². The standard InChI is InChI=1S/C15H21BrN4O2S/c1-11(14(21)20-5-4-17-15(20)22)19-8-6-18(7-9-19)10-12-2-3-13(16)23-12/h2-3,11H,4-10H2,1H3,(H,17,22)/p+2/t11-/m1/s1. The molecule has 3 rings (SSSR count). The molecule has 1 atom stereocenters. The maximum atomic E-state index is 12.5. The zero-order valence-electron chi connectivity index (χ0n) is 13.2. The Bertz CT molecular complexity index is 586. The second-order valence-electron chi connectivity index (χ2n) is 6.23. The Kier molecular flexibility index (Phi) is 5.35. The third kappa shape index (κ3) is 3.93. The Morgan fingerprint density at radius 3 is 2.70 bits per heavy atom. The molecule has 2 aliphatic heterocycles. The van der Waals surface area contributed by atoms with Crippen molar-refractivity contribution < 1.29 is 19.4 Å². The minimum atomic E-state index is -0.242. The van der Waals surface area contributed by atoms with E-state index in [0.29, 0.717) is 13.1 Å². The van der Waals surface area contributed by atoms with Crippen LogP contribution >= 0.6 is 27.3 Å². The van der Waals surface area contributed by atoms with Crippen LogP contribution in [0.3, 0.4) is 0 Å². The summed E-state index contributed by atoms with van der Waals surface area (Å²) in [4.78, 5) is 29.7. The van der Waals surface area contributed by atoms with Crippen LogP contribution in [0.5, 0.6) is 0 Å². The molecule has 1 aromatic heterocycles. The Morgan fingerprint density at radius 1 is 1.39 bits per heavy atom. The highest BCUT2D eigenvalue weighted by molar-refractivity contribution is 9.11. The molecule has 0 aliphatic carbocycles. The lowest BCUT2D eigenvalue weighted by atomic mass is 10.2. The minimum absolute atomic E-state index is 0.0411. The van der Waals surface area contributed by atoms with Gasteiger partial charge in [0.2, 0.25) is 0 Å². The van der Waals surface area contributed by atoms with Crippen LogP contribution < -0.4 is 15.1 Å². The van der Waals surface area contributed by atoms with Crippen LogP contribution in [0.25, 0.3) is 0 Å². The number of amides is 3. The van der Waals surface area contributed by atoms with E-state index in [9.17, 15) is 9.59 Å². The summed E-state index contributed by atoms with van der Waals surface area (Å²) in [7, 11) is 0. The van der Waals surface area contributed by atoms with Gasteiger partial charge in [-0.25, -0.2) is 4.79 Å². The quantitative estimate of drug-likeness (QED) is 0.588. The fourth-order valence-corrected chi connectivity index (χ4v) is 4.87. The van der Waals surface area contributed by atoms with Gasteiger partial charge in [0.15, 0.2) is 6.04 Å². The molecule has 6 nitrogen and oxygen atoms in total. The second kappa shape index (κ2) is 7.29. The number of hydrogen-bond donors (Lipinski definition) is 3. The minimum Gasteiger partial charge on any atom is -0.336 e. The summed E-state index contributed by atoms with van der Waals surface area (Å²) in [5.41, 5.74) is 0. The number of quaternary nitrogens is 2. The molecule has 2 saturated heterocycles. The molecular weight excluding hydrogens is 380 g/mol. The first-order valence-electron chi connectivity index (χ1n) is 8.06. The SMILES string of the molecule is C[C@H](C(=O)N1CCNC1=O)[NH+]1CC[NH+](Cc2ccc(Br)s2)CC1. The molecule has 2 aliphatic rings. The van der Waals surface area contributed by atoms with Crippen molar-refractivity contribution in [3.63, 3.8) is 0 Å². The number of carbonyl (C=O) groups is 2. The fourth-order valence-electron chi connectivity index (χ4n) is 3.32. The van der Waals surface area contributed by atoms with Crippen molar-refractivity contribution in [1.29, 1.82) is 0 Å². The average Bonchev–Trinajstić information content (AvgIpc) is 3.15. The predicted molar refractivity (Wildman–Crippen MR) is 91.7 cm³/mol. The topological polar surface area (TPSA) is 58.3 Å². The summed E-state index contributed by atoms with van der Waals surface area (Å²) in [6, 6.07) is 3.90. The largest absolute Gasteiger partial charge is 0.336 e. The molecule has 1 aromatic rings. The number of hydrogen-bond acceptors (Lipinski definition) is 3. The first kappa shape index (κ1) is 16.9. The normalized spacial score (nSPS) is 26.2. The van der Waals surface area contributed by atoms with E-state index in [2.05, 4.69) is 33.4 Å². The van der Waals surface area contributed by atoms with Gasteiger partial charge in [0, 0.05) is 13.1 Å². The van der Waals surface area contributed by atoms with Crippen molar-refractivity contribution in [2.45, 2.75) is 19.5 Å². The van der Waals surface area contributed by atoms with Gasteiger partial charge in [-0.05, 0) is 35.0 Å². The van der Waals surface area contributed by atoms with Crippen molar-refractivity contribution in [2.75, 3.05) is 39.3 Å². The van der Waals surface area contributed by atoms with Gasteiger partial charge in [0.1, 0.15) is 32.7 Å². The Balaban J connectivity index is 1.50. The van der Waals surface area contributed by atoms with Gasteiger partial charge in [0.25, 0.3) is 5.91 Å². The molecule has 3 amide bonds. The van der Waals surface area contributed by atoms with Gasteiger partial charge in [-0.2, -0.15) is 0 Å². The van der Waals surface area contributed by atoms with E-state index < -0.39 is 0 Å². The lowest BCUT2D eigenvalue weighted by molar-refractivity contribution is -1.02. The summed E-state index contributed by atoms with van der Waals surface area (Å²) in [6.07, 6.45) is 0. The molecule has 8 heteroatoms. The number of piperazine rings is 1. The van der Waals surface area contributed by atoms with Crippen molar-refractivity contribution >= 4 is 39.2 Å². The summed E-state index contributed by atoms with van der Waals surface area (Å²) < 4.78 is 1.18. The Labute approximate surface area is 148 Å². The van der Waals surface area contributed by atoms with Gasteiger partial charge in [0.05, 0.1) is 8.66 Å². The Hall–Kier alpha value is -0.960. The van der Waals surface area contributed by atoms with E-state index in [1.165, 1.54) is 18.5 Å². The number of nitrogens with zero attached hydrogens (tertiary/aromatic N) is 1. The molecule has 0 saturated carbocycles. The molecular formula is C15H23BrN4O2S+2. The molecule has 3 heterocycles. The van der Waals surface area contributed by atoms with E-state index >= 15 is 0 Å². The molecule has 0 bridgehead atoms. The molecule has 126 valence electrons. The van der Waals surface area contributed by atoms with Gasteiger partial charge < -0.3 is 15.1 Å². The van der Waals surface area contributed by atoms with E-state index in [0.717, 1.165) is 32.7 Å². The van der Waals surface area contributed by atoms with Crippen LogP contribution in [0.15, 0.2) is 15.9 Å². The molecule has 0 radical (unpaired) electrons. The molecule has 2 fully saturated rings. The molecule has 3 N–H and O–H groups in total. The highest BCUT2D eigenvalue weighted by Gasteiger charge is 2.37. The van der Waals surface area contributed by atoms with Crippen molar-refractivity contribution in [1.82, 2.24) is 10.2 Å². The third-order valence-electron chi connectivity index (χ3n) is 4.76. The van der Waals surface area contributed by atoms with Crippen molar-refractivity contribution in [2.24, 2.45) is 0 Å². The molecule has 0 unspecified atom stereocenters. The summed E-state index contributed by atoms with van der Waals surface area (Å²) in [5.74, 6) is -0.0411. The predicted octanol–water partition coefficient (Wildman–Crippen LogP) is -1.27. The number of rotatable bonds is 4. The maximum Gasteiger partial charge on any atom is 0.324 e. The van der Waals surface area contributed by atoms with Gasteiger partial charge >= 0.3 is 6.03 Å². The van der Waals surface area contributed by atoms with Crippen molar-refractivity contribution in [3.8, 4) is 0 Å². The van der Waals surface area contributed by atoms with Gasteiger partial charge in [-0.3, -0.25) is 9.69 Å². The molecule has 23 heavy (non-hydrogen) atoms. The number of nitrogens with one attached hydrogen (secondary N) is 3. The van der Waals surface area contributed by atoms with Crippen molar-refractivity contribution in [3.05, 3.63) is 20.8 Å². The third-order valence-corrected chi connectivity index (χ3v) is 6.38. The Morgan fingerprint density at radius 2 is 2.13 bits per heavy atom. The van der Waals surface area contributed by atoms with E-state index in [1.807, 2.05) is 6.92 Å². The number of urea groups is 1. The van der Waals surface area contributed by atoms with E-state index in [4.69, 9.17) is 0 Å². The highest BCUT2D eigenvalue weighted by Crippen LogP contribution is 2.21. The summed E-state index contributed by atoms with van der Waals surface area (Å²) in [6.45, 7) is 8.16. The van der Waals surface area contributed by atoms with Crippen LogP contribution in [-0.4, -0.2) is 62.1 Å². The van der Waals surface area contributed by atoms with Gasteiger partial charge in [-0.1, -0.05) is 0 Å². The van der Waals surface area contributed by atoms with E-state index in [1.54, 1.807) is 16.2 Å². The smallest absolute Gasteiger partial charge is 0.324 e. The lowest BCUT2D eigenvalue weighted by Crippen LogP contribution is -3.29. The average molecular weight is 403 g/mol. The molecule has 0 spiro atoms. The summed E-state index contributed by atoms with van der Waals surface area (Å²) in [5, 5.41) is 2.69. The number of halogens is 1. The zero-order chi connectivity index (χ0) is 16.4. The fraction of sp³-hybridized carbons (Fsp3) is 0.600. The second-order valence-corrected chi connectivity index (χ2v) is 8.78. The maximum absolute atomic E-state index is 12.5. The van der Waals surface area contributed by atoms with Crippen LogP contribution in [0.1, 0.15) is 11.8 Å². The van der Waals surface area contributed by atoms with E-state index in [-0.39, 0.29) is 18.0 Å². The number of imide groups is 1. The first-order chi connectivity index (χ1) is 11.0. The van der Waals surface area contributed by atoms with Crippen LogP contribution in [0.4, 0.5) is 4.79 Å².